The second-order valence-electron chi connectivity index (χ2n) is 9.12. The van der Waals surface area contributed by atoms with Gasteiger partial charge in [0, 0.05) is 23.9 Å². The van der Waals surface area contributed by atoms with E-state index >= 15 is 0 Å². The van der Waals surface area contributed by atoms with Crippen molar-refractivity contribution in [3.8, 4) is 5.75 Å². The number of thiophene rings is 1. The van der Waals surface area contributed by atoms with Gasteiger partial charge in [-0.2, -0.15) is 0 Å². The maximum absolute atomic E-state index is 13.5. The molecule has 0 aliphatic carbocycles. The third-order valence-corrected chi connectivity index (χ3v) is 7.41. The highest BCUT2D eigenvalue weighted by atomic mass is 32.1. The Kier molecular flexibility index (Phi) is 10.0. The molecule has 10 nitrogen and oxygen atoms in total. The lowest BCUT2D eigenvalue weighted by Gasteiger charge is -2.40. The average Bonchev–Trinajstić information content (AvgIpc) is 3.40. The molecule has 2 aromatic rings. The molecule has 1 aromatic carbocycles. The second-order valence-corrected chi connectivity index (χ2v) is 10.2. The number of rotatable bonds is 11. The molecule has 4 unspecified atom stereocenters. The van der Waals surface area contributed by atoms with Crippen molar-refractivity contribution in [2.24, 2.45) is 5.73 Å². The molecule has 5 N–H and O–H groups in total. The van der Waals surface area contributed by atoms with Gasteiger partial charge in [0.05, 0.1) is 19.6 Å². The highest BCUT2D eigenvalue weighted by molar-refractivity contribution is 7.10. The van der Waals surface area contributed by atoms with Gasteiger partial charge in [0.2, 0.25) is 23.6 Å². The van der Waals surface area contributed by atoms with Crippen LogP contribution in [0.25, 0.3) is 0 Å². The SMILES string of the molecule is CNC(C)C(=O)N1CCC(NC(=O)Cc2cccs2)CC1C(=O)NC(Cc1ccc(OC)cc1)C(N)=O. The first-order valence-electron chi connectivity index (χ1n) is 12.2. The number of likely N-dealkylation sites (N-methyl/N-ethyl adjacent to an activating group) is 1. The quantitative estimate of drug-likeness (QED) is 0.336. The van der Waals surface area contributed by atoms with Crippen molar-refractivity contribution in [1.29, 1.82) is 0 Å². The molecule has 2 heterocycles. The Labute approximate surface area is 220 Å². The Morgan fingerprint density at radius 2 is 1.92 bits per heavy atom. The van der Waals surface area contributed by atoms with Gasteiger partial charge in [-0.1, -0.05) is 18.2 Å². The van der Waals surface area contributed by atoms with Crippen LogP contribution in [-0.2, 0) is 32.0 Å². The van der Waals surface area contributed by atoms with Crippen LogP contribution >= 0.6 is 11.3 Å². The average molecular weight is 530 g/mol. The number of likely N-dealkylation sites (tertiary alicyclic amines) is 1. The summed E-state index contributed by atoms with van der Waals surface area (Å²) in [4.78, 5) is 53.8. The van der Waals surface area contributed by atoms with Gasteiger partial charge in [-0.05, 0) is 56.0 Å². The number of nitrogens with two attached hydrogens (primary N) is 1. The molecule has 0 saturated carbocycles. The molecule has 4 atom stereocenters. The van der Waals surface area contributed by atoms with Gasteiger partial charge in [-0.15, -0.1) is 11.3 Å². The number of benzene rings is 1. The number of methoxy groups -OCH3 is 1. The molecule has 1 fully saturated rings. The van der Waals surface area contributed by atoms with Crippen LogP contribution in [0.4, 0.5) is 0 Å². The number of nitrogens with one attached hydrogen (secondary N) is 3. The lowest BCUT2D eigenvalue weighted by molar-refractivity contribution is -0.145. The van der Waals surface area contributed by atoms with Crippen molar-refractivity contribution in [1.82, 2.24) is 20.9 Å². The molecule has 1 aromatic heterocycles. The first-order chi connectivity index (χ1) is 17.7. The van der Waals surface area contributed by atoms with Gasteiger partial charge in [-0.3, -0.25) is 19.2 Å². The molecular weight excluding hydrogens is 494 g/mol. The number of piperidine rings is 1. The van der Waals surface area contributed by atoms with Crippen LogP contribution in [0.3, 0.4) is 0 Å². The molecule has 1 saturated heterocycles. The molecule has 1 aliphatic rings. The van der Waals surface area contributed by atoms with Crippen LogP contribution in [0, 0.1) is 0 Å². The standard InChI is InChI=1S/C26H35N5O5S/c1-16(28-2)26(35)31-11-10-18(29-23(32)15-20-5-4-12-37-20)14-22(31)25(34)30-21(24(27)33)13-17-6-8-19(36-3)9-7-17/h4-9,12,16,18,21-22,28H,10-11,13-15H2,1-3H3,(H2,27,33)(H,29,32)(H,30,34). The van der Waals surface area contributed by atoms with Gasteiger partial charge in [0.25, 0.3) is 0 Å². The zero-order chi connectivity index (χ0) is 26.9. The van der Waals surface area contributed by atoms with Gasteiger partial charge < -0.3 is 31.3 Å². The Balaban J connectivity index is 1.72. The molecule has 200 valence electrons. The monoisotopic (exact) mass is 529 g/mol. The fraction of sp³-hybridized carbons (Fsp3) is 0.462. The van der Waals surface area contributed by atoms with Crippen molar-refractivity contribution >= 4 is 35.0 Å². The lowest BCUT2D eigenvalue weighted by atomic mass is 9.94. The summed E-state index contributed by atoms with van der Waals surface area (Å²) in [6.07, 6.45) is 1.21. The van der Waals surface area contributed by atoms with E-state index in [1.54, 1.807) is 45.3 Å². The van der Waals surface area contributed by atoms with Gasteiger partial charge in [0.15, 0.2) is 0 Å². The van der Waals surface area contributed by atoms with Gasteiger partial charge >= 0.3 is 0 Å². The van der Waals surface area contributed by atoms with E-state index in [-0.39, 0.29) is 37.1 Å². The number of hydrogen-bond donors (Lipinski definition) is 4. The number of carbonyl (C=O) groups is 4. The van der Waals surface area contributed by atoms with Crippen molar-refractivity contribution in [3.63, 3.8) is 0 Å². The van der Waals surface area contributed by atoms with E-state index in [1.807, 2.05) is 17.5 Å². The molecule has 0 radical (unpaired) electrons. The number of carbonyl (C=O) groups excluding carboxylic acids is 4. The van der Waals surface area contributed by atoms with Crippen molar-refractivity contribution in [3.05, 3.63) is 52.2 Å². The first kappa shape index (κ1) is 28.1. The van der Waals surface area contributed by atoms with Gasteiger partial charge in [-0.25, -0.2) is 0 Å². The largest absolute Gasteiger partial charge is 0.497 e. The van der Waals surface area contributed by atoms with E-state index in [2.05, 4.69) is 16.0 Å². The summed E-state index contributed by atoms with van der Waals surface area (Å²) >= 11 is 1.51. The number of nitrogens with zero attached hydrogens (tertiary/aromatic N) is 1. The van der Waals surface area contributed by atoms with Crippen LogP contribution in [0.15, 0.2) is 41.8 Å². The first-order valence-corrected chi connectivity index (χ1v) is 13.1. The molecule has 4 amide bonds. The van der Waals surface area contributed by atoms with E-state index in [0.717, 1.165) is 10.4 Å². The Bertz CT molecular complexity index is 1080. The predicted molar refractivity (Wildman–Crippen MR) is 141 cm³/mol. The Morgan fingerprint density at radius 3 is 2.51 bits per heavy atom. The zero-order valence-corrected chi connectivity index (χ0v) is 22.2. The normalized spacial score (nSPS) is 18.9. The summed E-state index contributed by atoms with van der Waals surface area (Å²) in [5.74, 6) is -0.847. The smallest absolute Gasteiger partial charge is 0.243 e. The minimum atomic E-state index is -0.964. The minimum Gasteiger partial charge on any atom is -0.497 e. The lowest BCUT2D eigenvalue weighted by Crippen LogP contribution is -2.61. The predicted octanol–water partition coefficient (Wildman–Crippen LogP) is 0.596. The second kappa shape index (κ2) is 13.2. The highest BCUT2D eigenvalue weighted by Crippen LogP contribution is 2.21. The summed E-state index contributed by atoms with van der Waals surface area (Å²) in [6.45, 7) is 2.02. The van der Waals surface area contributed by atoms with E-state index in [9.17, 15) is 19.2 Å². The summed E-state index contributed by atoms with van der Waals surface area (Å²) in [5, 5.41) is 10.6. The van der Waals surface area contributed by atoms with Gasteiger partial charge in [0.1, 0.15) is 17.8 Å². The molecule has 37 heavy (non-hydrogen) atoms. The number of ether oxygens (including phenoxy) is 1. The van der Waals surface area contributed by atoms with E-state index in [0.29, 0.717) is 18.7 Å². The summed E-state index contributed by atoms with van der Waals surface area (Å²) in [5.41, 5.74) is 6.41. The van der Waals surface area contributed by atoms with Crippen LogP contribution in [0.1, 0.15) is 30.2 Å². The molecule has 1 aliphatic heterocycles. The third-order valence-electron chi connectivity index (χ3n) is 6.53. The van der Waals surface area contributed by atoms with Crippen LogP contribution < -0.4 is 26.4 Å². The maximum atomic E-state index is 13.5. The fourth-order valence-corrected chi connectivity index (χ4v) is 5.02. The Hall–Kier alpha value is -3.44. The molecular formula is C26H35N5O5S. The zero-order valence-electron chi connectivity index (χ0n) is 21.4. The van der Waals surface area contributed by atoms with Crippen LogP contribution in [0.2, 0.25) is 0 Å². The Morgan fingerprint density at radius 1 is 1.19 bits per heavy atom. The third kappa shape index (κ3) is 7.77. The maximum Gasteiger partial charge on any atom is 0.243 e. The van der Waals surface area contributed by atoms with E-state index in [4.69, 9.17) is 10.5 Å². The summed E-state index contributed by atoms with van der Waals surface area (Å²) < 4.78 is 5.16. The summed E-state index contributed by atoms with van der Waals surface area (Å²) in [7, 11) is 3.23. The molecule has 0 spiro atoms. The topological polar surface area (TPSA) is 143 Å². The number of amides is 4. The molecule has 3 rings (SSSR count). The molecule has 0 bridgehead atoms. The van der Waals surface area contributed by atoms with Crippen molar-refractivity contribution in [2.45, 2.75) is 56.8 Å². The van der Waals surface area contributed by atoms with Crippen LogP contribution in [-0.4, -0.2) is 73.4 Å². The van der Waals surface area contributed by atoms with E-state index < -0.39 is 29.9 Å². The van der Waals surface area contributed by atoms with Crippen molar-refractivity contribution < 1.29 is 23.9 Å². The van der Waals surface area contributed by atoms with E-state index in [1.165, 1.54) is 16.2 Å². The number of primary amides is 1. The highest BCUT2D eigenvalue weighted by Gasteiger charge is 2.39. The molecule has 11 heteroatoms. The number of hydrogen-bond acceptors (Lipinski definition) is 7. The fourth-order valence-electron chi connectivity index (χ4n) is 4.32. The van der Waals surface area contributed by atoms with Crippen molar-refractivity contribution in [2.75, 3.05) is 20.7 Å². The summed E-state index contributed by atoms with van der Waals surface area (Å²) in [6, 6.07) is 8.30. The van der Waals surface area contributed by atoms with Crippen LogP contribution in [0.5, 0.6) is 5.75 Å². The minimum absolute atomic E-state index is 0.135.